The average molecular weight is 544 g/mol. The van der Waals surface area contributed by atoms with Gasteiger partial charge >= 0.3 is 29.2 Å². The number of halogens is 1. The number of phosphoric ester groups is 1. The van der Waals surface area contributed by atoms with Crippen LogP contribution in [0.4, 0.5) is 4.39 Å². The first-order valence-electron chi connectivity index (χ1n) is 8.27. The van der Waals surface area contributed by atoms with Crippen molar-refractivity contribution in [2.24, 2.45) is 0 Å². The summed E-state index contributed by atoms with van der Waals surface area (Å²) < 4.78 is 65.0. The number of rotatable bonds is 8. The Labute approximate surface area is 180 Å². The van der Waals surface area contributed by atoms with Crippen LogP contribution in [0.2, 0.25) is 0 Å². The number of phosphoric acid groups is 3. The Morgan fingerprint density at radius 3 is 2.34 bits per heavy atom. The summed E-state index contributed by atoms with van der Waals surface area (Å²) in [5, 5.41) is 10.5. The van der Waals surface area contributed by atoms with Crippen LogP contribution in [-0.4, -0.2) is 63.3 Å². The van der Waals surface area contributed by atoms with E-state index >= 15 is 4.39 Å². The molecule has 2 aliphatic heterocycles. The molecule has 182 valence electrons. The number of nitrogens with one attached hydrogen (secondary N) is 1. The van der Waals surface area contributed by atoms with Crippen LogP contribution in [-0.2, 0) is 31.6 Å². The van der Waals surface area contributed by atoms with Gasteiger partial charge in [0.05, 0.1) is 4.75 Å². The van der Waals surface area contributed by atoms with Gasteiger partial charge in [-0.3, -0.25) is 18.9 Å². The van der Waals surface area contributed by atoms with E-state index in [1.165, 1.54) is 0 Å². The van der Waals surface area contributed by atoms with Crippen LogP contribution in [0.5, 0.6) is 0 Å². The fraction of sp³-hybridized carbons (Fsp3) is 0.636. The topological polar surface area (TPSA) is 244 Å². The van der Waals surface area contributed by atoms with Crippen molar-refractivity contribution in [3.05, 3.63) is 33.1 Å². The number of aliphatic hydroxyl groups is 1. The number of hydrogen-bond acceptors (Lipinski definition) is 11. The molecule has 21 heteroatoms. The zero-order valence-corrected chi connectivity index (χ0v) is 18.9. The molecule has 0 radical (unpaired) electrons. The highest BCUT2D eigenvalue weighted by atomic mass is 32.2. The van der Waals surface area contributed by atoms with Gasteiger partial charge in [0, 0.05) is 12.3 Å². The van der Waals surface area contributed by atoms with Gasteiger partial charge in [-0.25, -0.2) is 22.9 Å². The highest BCUT2D eigenvalue weighted by Crippen LogP contribution is 2.67. The SMILES string of the molecule is O=c1ccn([C@@H]2O[C@](F)(COP(=O)(O)OP(=O)(O)OP(=O)(O)O)[C@@H](O)[C@]23CCS3)c(=O)[nH]1. The predicted octanol–water partition coefficient (Wildman–Crippen LogP) is -0.689. The maximum absolute atomic E-state index is 15.4. The second-order valence-electron chi connectivity index (χ2n) is 6.59. The lowest BCUT2D eigenvalue weighted by Gasteiger charge is -2.43. The molecule has 1 aromatic heterocycles. The molecular formula is C11H16FN2O14P3S. The van der Waals surface area contributed by atoms with Crippen LogP contribution < -0.4 is 11.2 Å². The molecule has 6 N–H and O–H groups in total. The molecule has 2 fully saturated rings. The van der Waals surface area contributed by atoms with E-state index in [0.29, 0.717) is 5.75 Å². The van der Waals surface area contributed by atoms with E-state index < -0.39 is 64.3 Å². The summed E-state index contributed by atoms with van der Waals surface area (Å²) in [4.78, 5) is 60.9. The third-order valence-corrected chi connectivity index (χ3v) is 9.76. The summed E-state index contributed by atoms with van der Waals surface area (Å²) in [6, 6.07) is 0.943. The maximum Gasteiger partial charge on any atom is 0.490 e. The molecule has 3 heterocycles. The van der Waals surface area contributed by atoms with Gasteiger partial charge in [-0.2, -0.15) is 8.62 Å². The minimum Gasteiger partial charge on any atom is -0.385 e. The molecule has 0 aliphatic carbocycles. The van der Waals surface area contributed by atoms with Crippen molar-refractivity contribution < 1.29 is 60.6 Å². The number of aromatic nitrogens is 2. The molecule has 16 nitrogen and oxygen atoms in total. The molecular weight excluding hydrogens is 528 g/mol. The zero-order valence-electron chi connectivity index (χ0n) is 15.4. The fourth-order valence-electron chi connectivity index (χ4n) is 3.09. The number of hydrogen-bond donors (Lipinski definition) is 6. The summed E-state index contributed by atoms with van der Waals surface area (Å²) in [7, 11) is -17.2. The quantitative estimate of drug-likeness (QED) is 0.222. The summed E-state index contributed by atoms with van der Waals surface area (Å²) in [6.45, 7) is -1.57. The minimum absolute atomic E-state index is 0.135. The Hall–Kier alpha value is -0.710. The van der Waals surface area contributed by atoms with Crippen LogP contribution in [0.25, 0.3) is 0 Å². The molecule has 0 bridgehead atoms. The van der Waals surface area contributed by atoms with Gasteiger partial charge in [-0.05, 0) is 12.2 Å². The second-order valence-corrected chi connectivity index (χ2v) is 12.5. The van der Waals surface area contributed by atoms with Crippen LogP contribution in [0.15, 0.2) is 21.9 Å². The average Bonchev–Trinajstić information content (AvgIpc) is 2.78. The van der Waals surface area contributed by atoms with Gasteiger partial charge < -0.3 is 29.4 Å². The first-order valence-corrected chi connectivity index (χ1v) is 13.8. The first-order chi connectivity index (χ1) is 14.5. The lowest BCUT2D eigenvalue weighted by molar-refractivity contribution is -0.204. The molecule has 6 atom stereocenters. The number of aromatic amines is 1. The van der Waals surface area contributed by atoms with Crippen molar-refractivity contribution in [2.45, 2.75) is 29.4 Å². The number of thioether (sulfide) groups is 1. The van der Waals surface area contributed by atoms with Gasteiger partial charge in [0.2, 0.25) is 0 Å². The molecule has 2 unspecified atom stereocenters. The monoisotopic (exact) mass is 544 g/mol. The molecule has 1 aromatic rings. The number of ether oxygens (including phenoxy) is 1. The Kier molecular flexibility index (Phi) is 6.88. The van der Waals surface area contributed by atoms with Crippen molar-refractivity contribution in [3.63, 3.8) is 0 Å². The van der Waals surface area contributed by atoms with E-state index in [1.54, 1.807) is 0 Å². The predicted molar refractivity (Wildman–Crippen MR) is 101 cm³/mol. The van der Waals surface area contributed by atoms with Gasteiger partial charge in [0.25, 0.3) is 11.4 Å². The van der Waals surface area contributed by atoms with E-state index in [1.807, 2.05) is 4.98 Å². The largest absolute Gasteiger partial charge is 0.490 e. The van der Waals surface area contributed by atoms with Gasteiger partial charge in [0.1, 0.15) is 12.7 Å². The Balaban J connectivity index is 1.80. The molecule has 2 saturated heterocycles. The lowest BCUT2D eigenvalue weighted by atomic mass is 9.93. The zero-order chi connectivity index (χ0) is 24.2. The number of nitrogens with zero attached hydrogens (tertiary/aromatic N) is 1. The highest BCUT2D eigenvalue weighted by molar-refractivity contribution is 8.02. The summed E-state index contributed by atoms with van der Waals surface area (Å²) in [5.41, 5.74) is -1.74. The molecule has 32 heavy (non-hydrogen) atoms. The van der Waals surface area contributed by atoms with Crippen molar-refractivity contribution >= 4 is 35.2 Å². The van der Waals surface area contributed by atoms with Crippen LogP contribution in [0.3, 0.4) is 0 Å². The van der Waals surface area contributed by atoms with Gasteiger partial charge in [-0.15, -0.1) is 11.8 Å². The molecule has 2 aliphatic rings. The van der Waals surface area contributed by atoms with E-state index in [9.17, 15) is 33.3 Å². The first kappa shape index (κ1) is 25.9. The Morgan fingerprint density at radius 2 is 1.84 bits per heavy atom. The van der Waals surface area contributed by atoms with Gasteiger partial charge in [-0.1, -0.05) is 0 Å². The minimum atomic E-state index is -5.84. The molecule has 3 rings (SSSR count). The fourth-order valence-corrected chi connectivity index (χ4v) is 7.44. The summed E-state index contributed by atoms with van der Waals surface area (Å²) >= 11 is 1.02. The highest BCUT2D eigenvalue weighted by Gasteiger charge is 2.69. The second kappa shape index (κ2) is 8.50. The summed E-state index contributed by atoms with van der Waals surface area (Å²) in [6.07, 6.45) is -2.41. The molecule has 1 spiro atoms. The van der Waals surface area contributed by atoms with Crippen molar-refractivity contribution in [3.8, 4) is 0 Å². The molecule has 0 amide bonds. The van der Waals surface area contributed by atoms with Gasteiger partial charge in [0.15, 0.2) is 6.23 Å². The van der Waals surface area contributed by atoms with Crippen molar-refractivity contribution in [2.75, 3.05) is 12.4 Å². The number of alkyl halides is 1. The smallest absolute Gasteiger partial charge is 0.385 e. The maximum atomic E-state index is 15.4. The Bertz CT molecular complexity index is 1150. The number of H-pyrrole nitrogens is 1. The normalized spacial score (nSPS) is 34.1. The van der Waals surface area contributed by atoms with Crippen molar-refractivity contribution in [1.29, 1.82) is 0 Å². The van der Waals surface area contributed by atoms with Crippen LogP contribution in [0.1, 0.15) is 12.6 Å². The van der Waals surface area contributed by atoms with Crippen LogP contribution in [0, 0.1) is 0 Å². The van der Waals surface area contributed by atoms with E-state index in [-0.39, 0.29) is 6.42 Å². The third kappa shape index (κ3) is 5.33. The Morgan fingerprint density at radius 1 is 1.22 bits per heavy atom. The van der Waals surface area contributed by atoms with Crippen LogP contribution >= 0.6 is 35.2 Å². The van der Waals surface area contributed by atoms with Crippen molar-refractivity contribution in [1.82, 2.24) is 9.55 Å². The molecule has 0 aromatic carbocycles. The van der Waals surface area contributed by atoms with E-state index in [2.05, 4.69) is 13.1 Å². The summed E-state index contributed by atoms with van der Waals surface area (Å²) in [5.74, 6) is -2.82. The van der Waals surface area contributed by atoms with E-state index in [0.717, 1.165) is 28.6 Å². The lowest BCUT2D eigenvalue weighted by Crippen LogP contribution is -2.54. The number of aliphatic hydroxyl groups excluding tert-OH is 1. The third-order valence-electron chi connectivity index (χ3n) is 4.40. The standard InChI is InChI=1S/C11H16FN2O14P3S/c12-11(5-25-30(21,22)28-31(23,24)27-29(18,19)20)7(16)10(2-4-32-10)8(26-11)14-3-1-6(15)13-9(14)17/h1,3,7-8,16H,2,4-5H2,(H,21,22)(H,23,24)(H,13,15,17)(H2,18,19,20)/t7-,8+,10+,11+/m0/s1. The van der Waals surface area contributed by atoms with E-state index in [4.69, 9.17) is 19.4 Å². The molecule has 0 saturated carbocycles.